The highest BCUT2D eigenvalue weighted by molar-refractivity contribution is 5.81. The first-order valence-corrected chi connectivity index (χ1v) is 7.02. The van der Waals surface area contributed by atoms with Gasteiger partial charge in [-0.2, -0.15) is 0 Å². The van der Waals surface area contributed by atoms with Crippen LogP contribution < -0.4 is 9.47 Å². The summed E-state index contributed by atoms with van der Waals surface area (Å²) in [5, 5.41) is 0. The predicted octanol–water partition coefficient (Wildman–Crippen LogP) is 3.58. The molecule has 2 aromatic carbocycles. The molecule has 0 bridgehead atoms. The van der Waals surface area contributed by atoms with Gasteiger partial charge in [-0.1, -0.05) is 35.9 Å². The third-order valence-electron chi connectivity index (χ3n) is 3.22. The second kappa shape index (κ2) is 7.48. The van der Waals surface area contributed by atoms with Crippen molar-refractivity contribution in [1.82, 2.24) is 0 Å². The molecule has 2 aromatic rings. The standard InChI is InChI=1S/C18H20O3/c1-14-8-9-18(20-2)15(12-14)13-16(19)10-11-21-17-6-4-3-5-7-17/h3-9,12H,10-11,13H2,1-2H3. The minimum absolute atomic E-state index is 0.148. The van der Waals surface area contributed by atoms with Crippen molar-refractivity contribution in [1.29, 1.82) is 0 Å². The van der Waals surface area contributed by atoms with Gasteiger partial charge in [-0.15, -0.1) is 0 Å². The van der Waals surface area contributed by atoms with E-state index in [1.807, 2.05) is 55.5 Å². The Bertz CT molecular complexity index is 591. The number of carbonyl (C=O) groups is 1. The Morgan fingerprint density at radius 3 is 2.57 bits per heavy atom. The topological polar surface area (TPSA) is 35.5 Å². The van der Waals surface area contributed by atoms with Crippen LogP contribution in [0.25, 0.3) is 0 Å². The lowest BCUT2D eigenvalue weighted by Crippen LogP contribution is -2.09. The SMILES string of the molecule is COc1ccc(C)cc1CC(=O)CCOc1ccccc1. The van der Waals surface area contributed by atoms with Crippen LogP contribution in [0.15, 0.2) is 48.5 Å². The monoisotopic (exact) mass is 284 g/mol. The summed E-state index contributed by atoms with van der Waals surface area (Å²) in [6, 6.07) is 15.4. The van der Waals surface area contributed by atoms with E-state index in [2.05, 4.69) is 0 Å². The first-order valence-electron chi connectivity index (χ1n) is 7.02. The van der Waals surface area contributed by atoms with Crippen LogP contribution in [0.4, 0.5) is 0 Å². The van der Waals surface area contributed by atoms with Crippen LogP contribution in [0.2, 0.25) is 0 Å². The van der Waals surface area contributed by atoms with Crippen molar-refractivity contribution in [2.24, 2.45) is 0 Å². The fourth-order valence-electron chi connectivity index (χ4n) is 2.15. The molecule has 0 aromatic heterocycles. The van der Waals surface area contributed by atoms with Crippen LogP contribution in [0, 0.1) is 6.92 Å². The zero-order valence-electron chi connectivity index (χ0n) is 12.5. The van der Waals surface area contributed by atoms with Crippen molar-refractivity contribution in [2.75, 3.05) is 13.7 Å². The highest BCUT2D eigenvalue weighted by Gasteiger charge is 2.09. The van der Waals surface area contributed by atoms with E-state index in [4.69, 9.17) is 9.47 Å². The summed E-state index contributed by atoms with van der Waals surface area (Å²) >= 11 is 0. The van der Waals surface area contributed by atoms with Crippen molar-refractivity contribution in [3.8, 4) is 11.5 Å². The molecule has 0 heterocycles. The van der Waals surface area contributed by atoms with Gasteiger partial charge in [0.15, 0.2) is 0 Å². The molecule has 0 radical (unpaired) electrons. The van der Waals surface area contributed by atoms with Gasteiger partial charge in [0, 0.05) is 18.4 Å². The second-order valence-corrected chi connectivity index (χ2v) is 4.94. The van der Waals surface area contributed by atoms with Crippen molar-refractivity contribution < 1.29 is 14.3 Å². The average Bonchev–Trinajstić information content (AvgIpc) is 2.48. The van der Waals surface area contributed by atoms with Gasteiger partial charge in [0.05, 0.1) is 13.7 Å². The lowest BCUT2D eigenvalue weighted by Gasteiger charge is -2.09. The maximum atomic E-state index is 12.0. The van der Waals surface area contributed by atoms with E-state index in [0.29, 0.717) is 19.4 Å². The van der Waals surface area contributed by atoms with Gasteiger partial charge < -0.3 is 9.47 Å². The summed E-state index contributed by atoms with van der Waals surface area (Å²) in [5.74, 6) is 1.70. The maximum absolute atomic E-state index is 12.0. The number of hydrogen-bond acceptors (Lipinski definition) is 3. The lowest BCUT2D eigenvalue weighted by atomic mass is 10.0. The number of methoxy groups -OCH3 is 1. The number of ether oxygens (including phenoxy) is 2. The normalized spacial score (nSPS) is 10.2. The highest BCUT2D eigenvalue weighted by Crippen LogP contribution is 2.20. The van der Waals surface area contributed by atoms with E-state index in [1.165, 1.54) is 0 Å². The highest BCUT2D eigenvalue weighted by atomic mass is 16.5. The molecule has 0 N–H and O–H groups in total. The molecule has 3 nitrogen and oxygen atoms in total. The minimum atomic E-state index is 0.148. The minimum Gasteiger partial charge on any atom is -0.496 e. The number of aryl methyl sites for hydroxylation is 1. The predicted molar refractivity (Wildman–Crippen MR) is 83.0 cm³/mol. The molecule has 0 spiro atoms. The summed E-state index contributed by atoms with van der Waals surface area (Å²) in [7, 11) is 1.62. The largest absolute Gasteiger partial charge is 0.496 e. The van der Waals surface area contributed by atoms with Gasteiger partial charge in [-0.25, -0.2) is 0 Å². The number of carbonyl (C=O) groups excluding carboxylic acids is 1. The Labute approximate surface area is 125 Å². The molecule has 0 unspecified atom stereocenters. The van der Waals surface area contributed by atoms with Crippen molar-refractivity contribution in [3.05, 3.63) is 59.7 Å². The van der Waals surface area contributed by atoms with Gasteiger partial charge in [0.2, 0.25) is 0 Å². The quantitative estimate of drug-likeness (QED) is 0.779. The van der Waals surface area contributed by atoms with Gasteiger partial charge in [-0.3, -0.25) is 4.79 Å². The molecule has 0 saturated heterocycles. The molecule has 0 fully saturated rings. The lowest BCUT2D eigenvalue weighted by molar-refractivity contribution is -0.118. The average molecular weight is 284 g/mol. The molecule has 0 amide bonds. The zero-order chi connectivity index (χ0) is 15.1. The smallest absolute Gasteiger partial charge is 0.140 e. The van der Waals surface area contributed by atoms with Crippen LogP contribution in [0.5, 0.6) is 11.5 Å². The van der Waals surface area contributed by atoms with Crippen LogP contribution in [0.1, 0.15) is 17.5 Å². The van der Waals surface area contributed by atoms with Gasteiger partial charge in [-0.05, 0) is 25.1 Å². The first-order chi connectivity index (χ1) is 10.2. The Balaban J connectivity index is 1.86. The van der Waals surface area contributed by atoms with Gasteiger partial charge in [0.1, 0.15) is 17.3 Å². The molecule has 0 aliphatic rings. The Hall–Kier alpha value is -2.29. The summed E-state index contributed by atoms with van der Waals surface area (Å²) in [4.78, 5) is 12.0. The number of hydrogen-bond donors (Lipinski definition) is 0. The summed E-state index contributed by atoms with van der Waals surface area (Å²) in [6.07, 6.45) is 0.773. The maximum Gasteiger partial charge on any atom is 0.140 e. The van der Waals surface area contributed by atoms with E-state index in [1.54, 1.807) is 7.11 Å². The summed E-state index contributed by atoms with van der Waals surface area (Å²) in [5.41, 5.74) is 2.06. The Morgan fingerprint density at radius 1 is 1.10 bits per heavy atom. The molecule has 0 aliphatic heterocycles. The molecule has 21 heavy (non-hydrogen) atoms. The number of ketones is 1. The van der Waals surface area contributed by atoms with E-state index in [9.17, 15) is 4.79 Å². The number of Topliss-reactive ketones (excluding diaryl/α,β-unsaturated/α-hetero) is 1. The van der Waals surface area contributed by atoms with Crippen LogP contribution in [-0.2, 0) is 11.2 Å². The molecule has 2 rings (SSSR count). The summed E-state index contributed by atoms with van der Waals surface area (Å²) < 4.78 is 10.8. The number of rotatable bonds is 7. The van der Waals surface area contributed by atoms with Crippen molar-refractivity contribution >= 4 is 5.78 Å². The fraction of sp³-hybridized carbons (Fsp3) is 0.278. The number of benzene rings is 2. The van der Waals surface area contributed by atoms with E-state index >= 15 is 0 Å². The number of para-hydroxylation sites is 1. The molecule has 110 valence electrons. The Morgan fingerprint density at radius 2 is 1.86 bits per heavy atom. The van der Waals surface area contributed by atoms with Crippen molar-refractivity contribution in [3.63, 3.8) is 0 Å². The third kappa shape index (κ3) is 4.63. The molecule has 3 heteroatoms. The van der Waals surface area contributed by atoms with E-state index in [-0.39, 0.29) is 5.78 Å². The van der Waals surface area contributed by atoms with Crippen LogP contribution in [-0.4, -0.2) is 19.5 Å². The zero-order valence-corrected chi connectivity index (χ0v) is 12.5. The van der Waals surface area contributed by atoms with E-state index in [0.717, 1.165) is 22.6 Å². The first kappa shape index (κ1) is 15.1. The third-order valence-corrected chi connectivity index (χ3v) is 3.22. The molecule has 0 atom stereocenters. The molecular formula is C18H20O3. The van der Waals surface area contributed by atoms with Crippen molar-refractivity contribution in [2.45, 2.75) is 19.8 Å². The van der Waals surface area contributed by atoms with Gasteiger partial charge >= 0.3 is 0 Å². The second-order valence-electron chi connectivity index (χ2n) is 4.94. The van der Waals surface area contributed by atoms with Crippen LogP contribution in [0.3, 0.4) is 0 Å². The molecule has 0 aliphatic carbocycles. The van der Waals surface area contributed by atoms with E-state index < -0.39 is 0 Å². The van der Waals surface area contributed by atoms with Gasteiger partial charge in [0.25, 0.3) is 0 Å². The Kier molecular flexibility index (Phi) is 5.38. The molecular weight excluding hydrogens is 264 g/mol. The van der Waals surface area contributed by atoms with Crippen LogP contribution >= 0.6 is 0 Å². The fourth-order valence-corrected chi connectivity index (χ4v) is 2.15. The molecule has 0 saturated carbocycles. The summed E-state index contributed by atoms with van der Waals surface area (Å²) in [6.45, 7) is 2.41.